The van der Waals surface area contributed by atoms with Crippen molar-refractivity contribution >= 4 is 17.5 Å². The lowest BCUT2D eigenvalue weighted by Gasteiger charge is -2.13. The predicted octanol–water partition coefficient (Wildman–Crippen LogP) is 3.69. The summed E-state index contributed by atoms with van der Waals surface area (Å²) in [6.07, 6.45) is -1.34. The number of nitrogen functional groups attached to an aromatic ring is 1. The van der Waals surface area contributed by atoms with Gasteiger partial charge in [0.15, 0.2) is 17.3 Å². The Morgan fingerprint density at radius 1 is 1.27 bits per heavy atom. The number of nitrogens with two attached hydrogens (primary N) is 1. The summed E-state index contributed by atoms with van der Waals surface area (Å²) in [5.41, 5.74) is 6.05. The third kappa shape index (κ3) is 3.78. The summed E-state index contributed by atoms with van der Waals surface area (Å²) in [7, 11) is 0. The largest absolute Gasteiger partial charge is 0.490 e. The molecule has 7 heteroatoms. The first-order valence-corrected chi connectivity index (χ1v) is 6.49. The molecule has 2 aromatic rings. The van der Waals surface area contributed by atoms with Gasteiger partial charge in [-0.15, -0.1) is 0 Å². The fourth-order valence-corrected chi connectivity index (χ4v) is 1.78. The Bertz CT molecular complexity index is 691. The molecule has 0 fully saturated rings. The molecule has 0 heterocycles. The van der Waals surface area contributed by atoms with Crippen molar-refractivity contribution in [1.29, 1.82) is 0 Å². The normalized spacial score (nSPS) is 10.1. The van der Waals surface area contributed by atoms with Gasteiger partial charge in [0, 0.05) is 17.8 Å². The van der Waals surface area contributed by atoms with Crippen LogP contribution < -0.4 is 20.5 Å². The van der Waals surface area contributed by atoms with Crippen LogP contribution >= 0.6 is 0 Å². The number of halogens is 1. The summed E-state index contributed by atoms with van der Waals surface area (Å²) < 4.78 is 24.7. The lowest BCUT2D eigenvalue weighted by atomic mass is 10.2. The highest BCUT2D eigenvalue weighted by Gasteiger charge is 2.10. The SMILES string of the molecule is CCOc1cc(N)ccc1Oc1ccc(NC(=O)O)c(F)c1. The van der Waals surface area contributed by atoms with E-state index in [4.69, 9.17) is 20.3 Å². The molecule has 0 radical (unpaired) electrons. The molecule has 6 nitrogen and oxygen atoms in total. The number of amides is 1. The third-order valence-electron chi connectivity index (χ3n) is 2.68. The van der Waals surface area contributed by atoms with Crippen LogP contribution in [0.5, 0.6) is 17.2 Å². The molecule has 116 valence electrons. The maximum absolute atomic E-state index is 13.8. The fourth-order valence-electron chi connectivity index (χ4n) is 1.78. The number of rotatable bonds is 5. The van der Waals surface area contributed by atoms with E-state index in [1.807, 2.05) is 12.2 Å². The minimum atomic E-state index is -1.34. The van der Waals surface area contributed by atoms with E-state index in [0.29, 0.717) is 23.8 Å². The van der Waals surface area contributed by atoms with Crippen molar-refractivity contribution in [3.8, 4) is 17.2 Å². The quantitative estimate of drug-likeness (QED) is 0.732. The first kappa shape index (κ1) is 15.4. The lowest BCUT2D eigenvalue weighted by molar-refractivity contribution is 0.209. The molecular formula is C15H15FN2O4. The molecule has 0 aromatic heterocycles. The van der Waals surface area contributed by atoms with Gasteiger partial charge < -0.3 is 20.3 Å². The van der Waals surface area contributed by atoms with Gasteiger partial charge >= 0.3 is 6.09 Å². The highest BCUT2D eigenvalue weighted by atomic mass is 19.1. The average Bonchev–Trinajstić information content (AvgIpc) is 2.45. The highest BCUT2D eigenvalue weighted by molar-refractivity contribution is 5.83. The van der Waals surface area contributed by atoms with Crippen molar-refractivity contribution in [3.05, 3.63) is 42.2 Å². The summed E-state index contributed by atoms with van der Waals surface area (Å²) in [5, 5.41) is 10.5. The zero-order valence-corrected chi connectivity index (χ0v) is 11.8. The number of carbonyl (C=O) groups is 1. The monoisotopic (exact) mass is 306 g/mol. The molecule has 0 unspecified atom stereocenters. The van der Waals surface area contributed by atoms with Crippen LogP contribution in [-0.4, -0.2) is 17.8 Å². The molecule has 0 aliphatic carbocycles. The van der Waals surface area contributed by atoms with Gasteiger partial charge in [0.05, 0.1) is 12.3 Å². The van der Waals surface area contributed by atoms with E-state index in [2.05, 4.69) is 0 Å². The number of hydrogen-bond donors (Lipinski definition) is 3. The molecule has 0 bridgehead atoms. The molecule has 22 heavy (non-hydrogen) atoms. The van der Waals surface area contributed by atoms with Gasteiger partial charge in [-0.05, 0) is 31.2 Å². The van der Waals surface area contributed by atoms with Crippen molar-refractivity contribution in [2.45, 2.75) is 6.92 Å². The van der Waals surface area contributed by atoms with E-state index < -0.39 is 11.9 Å². The molecule has 0 saturated carbocycles. The van der Waals surface area contributed by atoms with Gasteiger partial charge in [-0.2, -0.15) is 0 Å². The van der Waals surface area contributed by atoms with Gasteiger partial charge in [0.2, 0.25) is 0 Å². The Balaban J connectivity index is 2.24. The van der Waals surface area contributed by atoms with E-state index in [1.165, 1.54) is 12.1 Å². The lowest BCUT2D eigenvalue weighted by Crippen LogP contribution is -2.08. The number of anilines is 2. The molecule has 0 atom stereocenters. The van der Waals surface area contributed by atoms with Crippen LogP contribution in [0.25, 0.3) is 0 Å². The minimum absolute atomic E-state index is 0.151. The zero-order chi connectivity index (χ0) is 16.1. The minimum Gasteiger partial charge on any atom is -0.490 e. The van der Waals surface area contributed by atoms with Crippen molar-refractivity contribution in [2.24, 2.45) is 0 Å². The highest BCUT2D eigenvalue weighted by Crippen LogP contribution is 2.34. The second-order valence-corrected chi connectivity index (χ2v) is 4.31. The molecule has 0 spiro atoms. The van der Waals surface area contributed by atoms with Crippen molar-refractivity contribution in [1.82, 2.24) is 0 Å². The molecular weight excluding hydrogens is 291 g/mol. The number of ether oxygens (including phenoxy) is 2. The molecule has 0 aliphatic rings. The smallest absolute Gasteiger partial charge is 0.409 e. The number of hydrogen-bond acceptors (Lipinski definition) is 4. The topological polar surface area (TPSA) is 93.8 Å². The molecule has 0 aliphatic heterocycles. The van der Waals surface area contributed by atoms with Gasteiger partial charge in [0.1, 0.15) is 5.75 Å². The fraction of sp³-hybridized carbons (Fsp3) is 0.133. The Morgan fingerprint density at radius 2 is 2.05 bits per heavy atom. The summed E-state index contributed by atoms with van der Waals surface area (Å²) in [4.78, 5) is 10.5. The van der Waals surface area contributed by atoms with Gasteiger partial charge in [-0.25, -0.2) is 9.18 Å². The second-order valence-electron chi connectivity index (χ2n) is 4.31. The van der Waals surface area contributed by atoms with E-state index in [1.54, 1.807) is 18.2 Å². The third-order valence-corrected chi connectivity index (χ3v) is 2.68. The number of carboxylic acid groups (broad SMARTS) is 1. The van der Waals surface area contributed by atoms with E-state index in [0.717, 1.165) is 6.07 Å². The Hall–Kier alpha value is -2.96. The van der Waals surface area contributed by atoms with E-state index in [-0.39, 0.29) is 11.4 Å². The zero-order valence-electron chi connectivity index (χ0n) is 11.8. The maximum Gasteiger partial charge on any atom is 0.409 e. The Morgan fingerprint density at radius 3 is 2.68 bits per heavy atom. The second kappa shape index (κ2) is 6.66. The first-order valence-electron chi connectivity index (χ1n) is 6.49. The Kier molecular flexibility index (Phi) is 4.67. The van der Waals surface area contributed by atoms with E-state index in [9.17, 15) is 9.18 Å². The molecule has 1 amide bonds. The maximum atomic E-state index is 13.8. The molecule has 4 N–H and O–H groups in total. The van der Waals surface area contributed by atoms with Crippen LogP contribution in [0.1, 0.15) is 6.92 Å². The van der Waals surface area contributed by atoms with Gasteiger partial charge in [-0.3, -0.25) is 5.32 Å². The number of benzene rings is 2. The van der Waals surface area contributed by atoms with Crippen molar-refractivity contribution in [2.75, 3.05) is 17.7 Å². The van der Waals surface area contributed by atoms with E-state index >= 15 is 0 Å². The standard InChI is InChI=1S/C15H15FN2O4/c1-2-21-14-7-9(17)3-6-13(14)22-10-4-5-12(11(16)8-10)18-15(19)20/h3-8,18H,2,17H2,1H3,(H,19,20). The Labute approximate surface area is 126 Å². The van der Waals surface area contributed by atoms with Crippen LogP contribution in [0.3, 0.4) is 0 Å². The first-order chi connectivity index (χ1) is 10.5. The summed E-state index contributed by atoms with van der Waals surface area (Å²) in [5.74, 6) is 0.289. The average molecular weight is 306 g/mol. The van der Waals surface area contributed by atoms with Crippen LogP contribution in [0.2, 0.25) is 0 Å². The summed E-state index contributed by atoms with van der Waals surface area (Å²) >= 11 is 0. The van der Waals surface area contributed by atoms with Gasteiger partial charge in [0.25, 0.3) is 0 Å². The predicted molar refractivity (Wildman–Crippen MR) is 80.1 cm³/mol. The summed E-state index contributed by atoms with van der Waals surface area (Å²) in [6.45, 7) is 2.24. The van der Waals surface area contributed by atoms with Crippen LogP contribution in [0, 0.1) is 5.82 Å². The van der Waals surface area contributed by atoms with Crippen LogP contribution in [0.4, 0.5) is 20.6 Å². The van der Waals surface area contributed by atoms with Crippen molar-refractivity contribution < 1.29 is 23.8 Å². The van der Waals surface area contributed by atoms with Crippen molar-refractivity contribution in [3.63, 3.8) is 0 Å². The molecule has 2 rings (SSSR count). The van der Waals surface area contributed by atoms with Gasteiger partial charge in [-0.1, -0.05) is 0 Å². The molecule has 2 aromatic carbocycles. The summed E-state index contributed by atoms with van der Waals surface area (Å²) in [6, 6.07) is 8.65. The van der Waals surface area contributed by atoms with Crippen LogP contribution in [-0.2, 0) is 0 Å². The number of nitrogens with one attached hydrogen (secondary N) is 1. The molecule has 0 saturated heterocycles. The van der Waals surface area contributed by atoms with Crippen LogP contribution in [0.15, 0.2) is 36.4 Å².